The van der Waals surface area contributed by atoms with Crippen molar-refractivity contribution in [2.45, 2.75) is 6.17 Å². The standard InChI is InChI=1S/C40H26N4S2/c1-3-11-25(12-4-1)37-42-38(26-13-5-2-6-14-26)44-39(43-37)32-24-28(40-41-33-16-8-10-18-36(33)46-40)19-21-29(32)27-20-22-35-31(23-27)30-15-7-9-17-34(30)45-35/h1-24,37H,(H,42,43,44). The minimum Gasteiger partial charge on any atom is -0.344 e. The summed E-state index contributed by atoms with van der Waals surface area (Å²) in [5.41, 5.74) is 7.40. The van der Waals surface area contributed by atoms with Crippen molar-refractivity contribution in [1.29, 1.82) is 0 Å². The molecule has 1 aliphatic heterocycles. The number of nitrogens with zero attached hydrogens (tertiary/aromatic N) is 3. The Balaban J connectivity index is 1.25. The molecule has 6 aromatic carbocycles. The van der Waals surface area contributed by atoms with Crippen molar-refractivity contribution in [2.75, 3.05) is 0 Å². The molecule has 0 radical (unpaired) electrons. The lowest BCUT2D eigenvalue weighted by Crippen LogP contribution is -2.34. The first-order valence-corrected chi connectivity index (χ1v) is 16.9. The second-order valence-electron chi connectivity index (χ2n) is 11.3. The molecular formula is C40H26N4S2. The molecule has 1 unspecified atom stereocenters. The zero-order valence-corrected chi connectivity index (χ0v) is 26.2. The Kier molecular flexibility index (Phi) is 6.54. The van der Waals surface area contributed by atoms with Gasteiger partial charge in [-0.2, -0.15) is 0 Å². The quantitative estimate of drug-likeness (QED) is 0.207. The van der Waals surface area contributed by atoms with Crippen LogP contribution in [0.2, 0.25) is 0 Å². The van der Waals surface area contributed by atoms with Crippen molar-refractivity contribution in [1.82, 2.24) is 10.3 Å². The molecule has 0 aliphatic carbocycles. The zero-order chi connectivity index (χ0) is 30.5. The van der Waals surface area contributed by atoms with Gasteiger partial charge < -0.3 is 5.32 Å². The summed E-state index contributed by atoms with van der Waals surface area (Å²) < 4.78 is 3.76. The monoisotopic (exact) mass is 626 g/mol. The normalized spacial score (nSPS) is 14.7. The number of hydrogen-bond donors (Lipinski definition) is 1. The number of aliphatic imine (C=N–C) groups is 2. The Morgan fingerprint density at radius 2 is 1.24 bits per heavy atom. The minimum atomic E-state index is -0.286. The van der Waals surface area contributed by atoms with Crippen LogP contribution in [-0.2, 0) is 0 Å². The maximum atomic E-state index is 5.20. The second kappa shape index (κ2) is 11.2. The van der Waals surface area contributed by atoms with Crippen LogP contribution in [-0.4, -0.2) is 16.7 Å². The van der Waals surface area contributed by atoms with Crippen LogP contribution in [0.1, 0.15) is 22.9 Å². The molecule has 4 nitrogen and oxygen atoms in total. The van der Waals surface area contributed by atoms with Crippen molar-refractivity contribution in [3.8, 4) is 21.7 Å². The van der Waals surface area contributed by atoms with E-state index >= 15 is 0 Å². The summed E-state index contributed by atoms with van der Waals surface area (Å²) in [6.07, 6.45) is -0.286. The van der Waals surface area contributed by atoms with Gasteiger partial charge in [-0.25, -0.2) is 15.0 Å². The molecule has 8 aromatic rings. The van der Waals surface area contributed by atoms with Crippen LogP contribution < -0.4 is 5.32 Å². The van der Waals surface area contributed by atoms with Gasteiger partial charge in [0.05, 0.1) is 10.2 Å². The van der Waals surface area contributed by atoms with Crippen molar-refractivity contribution in [3.05, 3.63) is 162 Å². The summed E-state index contributed by atoms with van der Waals surface area (Å²) in [6.45, 7) is 0. The number of para-hydroxylation sites is 1. The summed E-state index contributed by atoms with van der Waals surface area (Å²) in [7, 11) is 0. The van der Waals surface area contributed by atoms with Crippen LogP contribution in [0, 0.1) is 0 Å². The summed E-state index contributed by atoms with van der Waals surface area (Å²) in [4.78, 5) is 15.3. The van der Waals surface area contributed by atoms with Crippen molar-refractivity contribution in [2.24, 2.45) is 9.98 Å². The van der Waals surface area contributed by atoms with Gasteiger partial charge in [-0.15, -0.1) is 22.7 Å². The lowest BCUT2D eigenvalue weighted by atomic mass is 9.95. The molecule has 0 bridgehead atoms. The van der Waals surface area contributed by atoms with E-state index in [-0.39, 0.29) is 6.17 Å². The molecule has 9 rings (SSSR count). The Morgan fingerprint density at radius 1 is 0.522 bits per heavy atom. The van der Waals surface area contributed by atoms with Gasteiger partial charge >= 0.3 is 0 Å². The maximum absolute atomic E-state index is 5.20. The van der Waals surface area contributed by atoms with Crippen LogP contribution >= 0.6 is 22.7 Å². The molecule has 0 saturated heterocycles. The van der Waals surface area contributed by atoms with Gasteiger partial charge in [0.2, 0.25) is 0 Å². The van der Waals surface area contributed by atoms with E-state index in [2.05, 4.69) is 121 Å². The molecular weight excluding hydrogens is 601 g/mol. The zero-order valence-electron chi connectivity index (χ0n) is 24.6. The molecule has 3 heterocycles. The molecule has 0 spiro atoms. The number of rotatable bonds is 5. The fourth-order valence-corrected chi connectivity index (χ4v) is 8.17. The number of benzene rings is 6. The molecule has 46 heavy (non-hydrogen) atoms. The third-order valence-corrected chi connectivity index (χ3v) is 10.6. The number of fused-ring (bicyclic) bond motifs is 4. The highest BCUT2D eigenvalue weighted by atomic mass is 32.1. The highest BCUT2D eigenvalue weighted by molar-refractivity contribution is 7.25. The average Bonchev–Trinajstić information content (AvgIpc) is 3.74. The predicted octanol–water partition coefficient (Wildman–Crippen LogP) is 10.5. The van der Waals surface area contributed by atoms with Crippen LogP contribution in [0.25, 0.3) is 52.1 Å². The van der Waals surface area contributed by atoms with Crippen LogP contribution in [0.3, 0.4) is 0 Å². The Bertz CT molecular complexity index is 2420. The Morgan fingerprint density at radius 3 is 2.09 bits per heavy atom. The number of hydrogen-bond acceptors (Lipinski definition) is 6. The SMILES string of the molecule is c1ccc(C2=NC(c3ccccc3)NC(c3cc(-c4nc5ccccc5s4)ccc3-c3ccc4sc5ccccc5c4c3)=N2)cc1. The minimum absolute atomic E-state index is 0.286. The summed E-state index contributed by atoms with van der Waals surface area (Å²) in [5.74, 6) is 1.50. The van der Waals surface area contributed by atoms with Crippen LogP contribution in [0.5, 0.6) is 0 Å². The van der Waals surface area contributed by atoms with Gasteiger partial charge in [-0.1, -0.05) is 109 Å². The van der Waals surface area contributed by atoms with E-state index in [1.165, 1.54) is 24.9 Å². The van der Waals surface area contributed by atoms with E-state index in [9.17, 15) is 0 Å². The predicted molar refractivity (Wildman–Crippen MR) is 195 cm³/mol. The summed E-state index contributed by atoms with van der Waals surface area (Å²) in [6, 6.07) is 51.0. The largest absolute Gasteiger partial charge is 0.344 e. The highest BCUT2D eigenvalue weighted by Gasteiger charge is 2.24. The smallest absolute Gasteiger partial charge is 0.159 e. The molecule has 2 aromatic heterocycles. The summed E-state index contributed by atoms with van der Waals surface area (Å²) >= 11 is 3.55. The van der Waals surface area contributed by atoms with Gasteiger partial charge in [-0.3, -0.25) is 0 Å². The Hall–Kier alpha value is -5.43. The van der Waals surface area contributed by atoms with E-state index in [0.717, 1.165) is 49.7 Å². The number of thiophene rings is 1. The first kappa shape index (κ1) is 26.9. The maximum Gasteiger partial charge on any atom is 0.159 e. The third-order valence-electron chi connectivity index (χ3n) is 8.39. The van der Waals surface area contributed by atoms with Gasteiger partial charge in [0.15, 0.2) is 5.84 Å². The average molecular weight is 627 g/mol. The fourth-order valence-electron chi connectivity index (χ4n) is 6.12. The molecule has 0 amide bonds. The molecule has 0 fully saturated rings. The number of nitrogens with one attached hydrogen (secondary N) is 1. The van der Waals surface area contributed by atoms with Crippen LogP contribution in [0.15, 0.2) is 156 Å². The molecule has 1 atom stereocenters. The third kappa shape index (κ3) is 4.79. The van der Waals surface area contributed by atoms with Gasteiger partial charge in [-0.05, 0) is 53.1 Å². The van der Waals surface area contributed by atoms with E-state index in [1.54, 1.807) is 11.3 Å². The van der Waals surface area contributed by atoms with Crippen LogP contribution in [0.4, 0.5) is 0 Å². The lowest BCUT2D eigenvalue weighted by molar-refractivity contribution is 0.674. The first-order chi connectivity index (χ1) is 22.8. The number of aromatic nitrogens is 1. The molecule has 1 aliphatic rings. The second-order valence-corrected chi connectivity index (χ2v) is 13.4. The molecule has 218 valence electrons. The Labute approximate surface area is 274 Å². The summed E-state index contributed by atoms with van der Waals surface area (Å²) in [5, 5.41) is 7.25. The van der Waals surface area contributed by atoms with Gasteiger partial charge in [0, 0.05) is 36.9 Å². The van der Waals surface area contributed by atoms with Crippen molar-refractivity contribution in [3.63, 3.8) is 0 Å². The fraction of sp³-hybridized carbons (Fsp3) is 0.0250. The van der Waals surface area contributed by atoms with Crippen molar-refractivity contribution >= 4 is 64.7 Å². The van der Waals surface area contributed by atoms with E-state index in [1.807, 2.05) is 41.7 Å². The molecule has 0 saturated carbocycles. The van der Waals surface area contributed by atoms with Crippen molar-refractivity contribution < 1.29 is 0 Å². The molecule has 1 N–H and O–H groups in total. The lowest BCUT2D eigenvalue weighted by Gasteiger charge is -2.25. The highest BCUT2D eigenvalue weighted by Crippen LogP contribution is 2.39. The number of amidine groups is 2. The van der Waals surface area contributed by atoms with Gasteiger partial charge in [0.25, 0.3) is 0 Å². The van der Waals surface area contributed by atoms with E-state index < -0.39 is 0 Å². The topological polar surface area (TPSA) is 49.6 Å². The first-order valence-electron chi connectivity index (χ1n) is 15.2. The van der Waals surface area contributed by atoms with E-state index in [4.69, 9.17) is 15.0 Å². The molecule has 6 heteroatoms. The van der Waals surface area contributed by atoms with E-state index in [0.29, 0.717) is 5.84 Å². The van der Waals surface area contributed by atoms with Gasteiger partial charge in [0.1, 0.15) is 17.0 Å². The number of thiazole rings is 1.